The standard InChI is InChI=1S/C19H14N4O3S/c24-27(25,17-9-5-2-6-10-17)22-23-13-11-16(12-14-23)19-21-20-18(26-19)15-7-3-1-4-8-15/h1-14H. The first-order valence-electron chi connectivity index (χ1n) is 8.06. The molecule has 0 aliphatic rings. The summed E-state index contributed by atoms with van der Waals surface area (Å²) in [6.45, 7) is 0. The summed E-state index contributed by atoms with van der Waals surface area (Å²) in [5.41, 5.74) is 1.49. The van der Waals surface area contributed by atoms with Crippen molar-refractivity contribution in [3.63, 3.8) is 0 Å². The largest absolute Gasteiger partial charge is 0.416 e. The van der Waals surface area contributed by atoms with Gasteiger partial charge in [0.1, 0.15) is 0 Å². The van der Waals surface area contributed by atoms with E-state index in [1.54, 1.807) is 30.3 Å². The van der Waals surface area contributed by atoms with Crippen LogP contribution in [0.1, 0.15) is 0 Å². The number of hydrogen-bond acceptors (Lipinski definition) is 5. The van der Waals surface area contributed by atoms with Gasteiger partial charge in [-0.1, -0.05) is 36.4 Å². The number of rotatable bonds is 5. The van der Waals surface area contributed by atoms with Gasteiger partial charge in [0.25, 0.3) is 0 Å². The van der Waals surface area contributed by atoms with Gasteiger partial charge in [-0.25, -0.2) is 13.1 Å². The van der Waals surface area contributed by atoms with E-state index in [2.05, 4.69) is 15.0 Å². The average Bonchev–Trinajstić information content (AvgIpc) is 3.20. The van der Waals surface area contributed by atoms with Crippen molar-refractivity contribution in [2.75, 3.05) is 0 Å². The van der Waals surface area contributed by atoms with Crippen molar-refractivity contribution in [3.8, 4) is 22.9 Å². The summed E-state index contributed by atoms with van der Waals surface area (Å²) in [6.07, 6.45) is 3.03. The van der Waals surface area contributed by atoms with Crippen molar-refractivity contribution in [2.45, 2.75) is 4.90 Å². The molecule has 0 fully saturated rings. The van der Waals surface area contributed by atoms with Crippen LogP contribution in [0.5, 0.6) is 0 Å². The maximum absolute atomic E-state index is 12.3. The number of pyridine rings is 1. The van der Waals surface area contributed by atoms with Crippen molar-refractivity contribution in [2.24, 2.45) is 0 Å². The second-order valence-electron chi connectivity index (χ2n) is 5.61. The Hall–Kier alpha value is -3.52. The minimum absolute atomic E-state index is 0.131. The minimum Gasteiger partial charge on any atom is -0.416 e. The molecular weight excluding hydrogens is 364 g/mol. The van der Waals surface area contributed by atoms with Crippen LogP contribution >= 0.6 is 0 Å². The highest BCUT2D eigenvalue weighted by atomic mass is 32.2. The molecule has 2 aromatic heterocycles. The fraction of sp³-hybridized carbons (Fsp3) is 0. The predicted molar refractivity (Wildman–Crippen MR) is 97.7 cm³/mol. The zero-order valence-corrected chi connectivity index (χ0v) is 14.8. The lowest BCUT2D eigenvalue weighted by Crippen LogP contribution is -2.31. The van der Waals surface area contributed by atoms with Gasteiger partial charge >= 0.3 is 0 Å². The first kappa shape index (κ1) is 16.9. The predicted octanol–water partition coefficient (Wildman–Crippen LogP) is 3.22. The zero-order valence-electron chi connectivity index (χ0n) is 14.0. The molecule has 7 nitrogen and oxygen atoms in total. The summed E-state index contributed by atoms with van der Waals surface area (Å²) in [5.74, 6) is 0.755. The molecule has 0 spiro atoms. The molecule has 8 heteroatoms. The third kappa shape index (κ3) is 3.70. The number of hydrogen-bond donors (Lipinski definition) is 0. The van der Waals surface area contributed by atoms with Crippen LogP contribution in [-0.4, -0.2) is 18.6 Å². The van der Waals surface area contributed by atoms with E-state index in [0.717, 1.165) is 5.56 Å². The van der Waals surface area contributed by atoms with E-state index in [9.17, 15) is 8.42 Å². The number of aromatic nitrogens is 3. The van der Waals surface area contributed by atoms with Crippen molar-refractivity contribution >= 4 is 10.0 Å². The number of sulfonamides is 1. The molecular formula is C19H14N4O3S. The summed E-state index contributed by atoms with van der Waals surface area (Å²) in [6, 6.07) is 20.8. The minimum atomic E-state index is -3.79. The van der Waals surface area contributed by atoms with Gasteiger partial charge in [0.15, 0.2) is 22.4 Å². The van der Waals surface area contributed by atoms with Gasteiger partial charge in [0.05, 0.1) is 10.5 Å². The van der Waals surface area contributed by atoms with Crippen LogP contribution in [0, 0.1) is 0 Å². The number of benzene rings is 2. The summed E-state index contributed by atoms with van der Waals surface area (Å²) in [4.78, 5) is 3.90. The van der Waals surface area contributed by atoms with E-state index in [4.69, 9.17) is 4.42 Å². The Morgan fingerprint density at radius 1 is 0.741 bits per heavy atom. The van der Waals surface area contributed by atoms with E-state index in [1.165, 1.54) is 29.2 Å². The maximum Gasteiger partial charge on any atom is 0.248 e. The monoisotopic (exact) mass is 378 g/mol. The van der Waals surface area contributed by atoms with Gasteiger partial charge < -0.3 is 9.25 Å². The Morgan fingerprint density at radius 3 is 1.85 bits per heavy atom. The van der Waals surface area contributed by atoms with Crippen LogP contribution in [0.25, 0.3) is 27.7 Å². The highest BCUT2D eigenvalue weighted by Crippen LogP contribution is 2.23. The molecule has 0 saturated carbocycles. The Morgan fingerprint density at radius 2 is 1.26 bits per heavy atom. The third-order valence-electron chi connectivity index (χ3n) is 3.75. The molecule has 4 aromatic rings. The average molecular weight is 378 g/mol. The Kier molecular flexibility index (Phi) is 4.39. The van der Waals surface area contributed by atoms with Crippen LogP contribution in [0.15, 0.2) is 94.5 Å². The van der Waals surface area contributed by atoms with Crippen molar-refractivity contribution < 1.29 is 17.5 Å². The van der Waals surface area contributed by atoms with E-state index in [-0.39, 0.29) is 4.90 Å². The molecule has 0 aliphatic heterocycles. The second-order valence-corrected chi connectivity index (χ2v) is 7.20. The molecule has 0 aliphatic carbocycles. The lowest BCUT2D eigenvalue weighted by Gasteiger charge is -2.14. The van der Waals surface area contributed by atoms with Crippen molar-refractivity contribution in [1.82, 2.24) is 10.2 Å². The van der Waals surface area contributed by atoms with Gasteiger partial charge in [0.2, 0.25) is 11.8 Å². The molecule has 2 aromatic carbocycles. The van der Waals surface area contributed by atoms with Gasteiger partial charge in [-0.2, -0.15) is 0 Å². The molecule has 0 saturated heterocycles. The van der Waals surface area contributed by atoms with Crippen LogP contribution in [0.3, 0.4) is 0 Å². The van der Waals surface area contributed by atoms with E-state index < -0.39 is 10.0 Å². The van der Waals surface area contributed by atoms with Crippen LogP contribution in [-0.2, 0) is 10.0 Å². The normalized spacial score (nSPS) is 11.3. The highest BCUT2D eigenvalue weighted by molar-refractivity contribution is 7.93. The number of nitrogens with zero attached hydrogens (tertiary/aromatic N) is 4. The molecule has 0 atom stereocenters. The first-order chi connectivity index (χ1) is 13.1. The quantitative estimate of drug-likeness (QED) is 0.497. The van der Waals surface area contributed by atoms with Gasteiger partial charge in [-0.3, -0.25) is 0 Å². The Balaban J connectivity index is 1.54. The molecule has 0 radical (unpaired) electrons. The van der Waals surface area contributed by atoms with Crippen LogP contribution in [0.4, 0.5) is 0 Å². The lowest BCUT2D eigenvalue weighted by molar-refractivity contribution is -0.613. The van der Waals surface area contributed by atoms with Crippen LogP contribution < -0.4 is 4.68 Å². The fourth-order valence-electron chi connectivity index (χ4n) is 2.42. The maximum atomic E-state index is 12.3. The smallest absolute Gasteiger partial charge is 0.248 e. The van der Waals surface area contributed by atoms with Gasteiger partial charge in [-0.05, 0) is 24.3 Å². The second kappa shape index (κ2) is 7.00. The molecule has 2 heterocycles. The van der Waals surface area contributed by atoms with Gasteiger partial charge in [0, 0.05) is 17.7 Å². The summed E-state index contributed by atoms with van der Waals surface area (Å²) >= 11 is 0. The third-order valence-corrected chi connectivity index (χ3v) is 5.02. The molecule has 0 unspecified atom stereocenters. The van der Waals surface area contributed by atoms with Crippen molar-refractivity contribution in [3.05, 3.63) is 90.0 Å². The molecule has 27 heavy (non-hydrogen) atoms. The highest BCUT2D eigenvalue weighted by Gasteiger charge is 2.12. The summed E-state index contributed by atoms with van der Waals surface area (Å²) in [7, 11) is -3.79. The first-order valence-corrected chi connectivity index (χ1v) is 9.50. The lowest BCUT2D eigenvalue weighted by atomic mass is 10.2. The van der Waals surface area contributed by atoms with E-state index >= 15 is 0 Å². The Labute approximate surface area is 156 Å². The summed E-state index contributed by atoms with van der Waals surface area (Å²) < 4.78 is 31.5. The van der Waals surface area contributed by atoms with Crippen molar-refractivity contribution in [1.29, 1.82) is 0 Å². The SMILES string of the molecule is O=S(=O)([N-][n+]1ccc(-c2nnc(-c3ccccc3)o2)cc1)c1ccccc1. The van der Waals surface area contributed by atoms with Crippen LogP contribution in [0.2, 0.25) is 0 Å². The van der Waals surface area contributed by atoms with E-state index in [0.29, 0.717) is 17.3 Å². The Bertz CT molecular complexity index is 1140. The molecule has 4 rings (SSSR count). The topological polar surface area (TPSA) is 91.0 Å². The van der Waals surface area contributed by atoms with E-state index in [1.807, 2.05) is 30.3 Å². The fourth-order valence-corrected chi connectivity index (χ4v) is 3.37. The molecule has 134 valence electrons. The summed E-state index contributed by atoms with van der Waals surface area (Å²) in [5, 5.41) is 8.08. The zero-order chi connectivity index (χ0) is 18.7. The van der Waals surface area contributed by atoms with Gasteiger partial charge in [-0.15, -0.1) is 10.2 Å². The molecule has 0 bridgehead atoms. The molecule has 0 amide bonds. The molecule has 0 N–H and O–H groups in total.